The maximum Gasteiger partial charge on any atom is 0.330 e. The summed E-state index contributed by atoms with van der Waals surface area (Å²) in [4.78, 5) is 30.0. The van der Waals surface area contributed by atoms with Gasteiger partial charge in [0.25, 0.3) is 14.1 Å². The molecule has 34 heavy (non-hydrogen) atoms. The average Bonchev–Trinajstić information content (AvgIpc) is 2.79. The van der Waals surface area contributed by atoms with Crippen LogP contribution in [0, 0.1) is 18.3 Å². The maximum absolute atomic E-state index is 11.7. The number of aromatic amines is 1. The molecule has 1 aromatic rings. The highest BCUT2D eigenvalue weighted by molar-refractivity contribution is 14.1. The molecule has 1 fully saturated rings. The van der Waals surface area contributed by atoms with Gasteiger partial charge in [0.05, 0.1) is 32.3 Å². The second-order valence-corrected chi connectivity index (χ2v) is 9.73. The number of hydrogen-bond acceptors (Lipinski definition) is 10. The van der Waals surface area contributed by atoms with E-state index >= 15 is 0 Å². The summed E-state index contributed by atoms with van der Waals surface area (Å²) in [7, 11) is 0.618. The Morgan fingerprint density at radius 1 is 1.32 bits per heavy atom. The van der Waals surface area contributed by atoms with Crippen LogP contribution in [-0.2, 0) is 26.6 Å². The molecule has 1 saturated heterocycles. The Morgan fingerprint density at radius 3 is 2.56 bits per heavy atom. The maximum atomic E-state index is 11.7. The van der Waals surface area contributed by atoms with Crippen molar-refractivity contribution in [2.45, 2.75) is 65.5 Å². The van der Waals surface area contributed by atoms with E-state index in [1.54, 1.807) is 37.0 Å². The molecular formula is C20H34IN4O8P. The van der Waals surface area contributed by atoms with Crippen LogP contribution >= 0.6 is 31.5 Å². The first-order valence-corrected chi connectivity index (χ1v) is 12.7. The summed E-state index contributed by atoms with van der Waals surface area (Å²) in [6, 6.07) is 2.80. The Morgan fingerprint density at radius 2 is 2.00 bits per heavy atom. The number of aryl methyl sites for hydroxylation is 1. The molecule has 0 amide bonds. The van der Waals surface area contributed by atoms with Gasteiger partial charge in [0.15, 0.2) is 29.2 Å². The molecule has 1 aliphatic heterocycles. The number of nitriles is 1. The van der Waals surface area contributed by atoms with Crippen LogP contribution in [0.3, 0.4) is 0 Å². The third-order valence-corrected chi connectivity index (χ3v) is 6.76. The molecule has 0 aliphatic carbocycles. The van der Waals surface area contributed by atoms with E-state index in [0.29, 0.717) is 37.3 Å². The van der Waals surface area contributed by atoms with Crippen molar-refractivity contribution in [2.24, 2.45) is 0 Å². The van der Waals surface area contributed by atoms with E-state index in [1.165, 1.54) is 10.8 Å². The minimum absolute atomic E-state index is 0.191. The number of ether oxygens (including phenoxy) is 2. The van der Waals surface area contributed by atoms with E-state index in [9.17, 15) is 9.59 Å². The van der Waals surface area contributed by atoms with E-state index < -0.39 is 26.0 Å². The van der Waals surface area contributed by atoms with E-state index in [-0.39, 0.29) is 19.3 Å². The standard InChI is InChI=1S/C10H13IN2O6.C10H21N2O2P/c1-6-2-13(10(15)12-9(6)14)8-5-16-3-7(18-8)4-17-19-11;1-9(2)12(10(3)4)15(13-5)14-8-6-7-11/h2,7-8H,3-5H2,1H3,(H,12,14,15);9-10H,6,8H2,1-5H3. The molecule has 0 spiro atoms. The quantitative estimate of drug-likeness (QED) is 0.130. The lowest BCUT2D eigenvalue weighted by molar-refractivity contribution is -0.239. The van der Waals surface area contributed by atoms with Crippen molar-refractivity contribution in [1.82, 2.24) is 14.2 Å². The van der Waals surface area contributed by atoms with Crippen molar-refractivity contribution in [2.75, 3.05) is 33.5 Å². The summed E-state index contributed by atoms with van der Waals surface area (Å²) in [6.07, 6.45) is 0.923. The Kier molecular flexibility index (Phi) is 15.2. The normalized spacial score (nSPS) is 19.1. The van der Waals surface area contributed by atoms with Gasteiger partial charge in [-0.2, -0.15) is 8.48 Å². The van der Waals surface area contributed by atoms with Crippen LogP contribution in [0.15, 0.2) is 15.8 Å². The van der Waals surface area contributed by atoms with Crippen LogP contribution in [0.1, 0.15) is 45.9 Å². The number of aromatic nitrogens is 2. The lowest BCUT2D eigenvalue weighted by Gasteiger charge is -2.34. The van der Waals surface area contributed by atoms with Crippen molar-refractivity contribution in [3.63, 3.8) is 0 Å². The van der Waals surface area contributed by atoms with Crippen molar-refractivity contribution in [1.29, 1.82) is 5.26 Å². The molecule has 1 aromatic heterocycles. The number of nitrogens with zero attached hydrogens (tertiary/aromatic N) is 3. The van der Waals surface area contributed by atoms with Gasteiger partial charge >= 0.3 is 5.69 Å². The fraction of sp³-hybridized carbons (Fsp3) is 0.750. The largest absolute Gasteiger partial charge is 0.374 e. The smallest absolute Gasteiger partial charge is 0.330 e. The van der Waals surface area contributed by atoms with Crippen LogP contribution in [0.25, 0.3) is 0 Å². The summed E-state index contributed by atoms with van der Waals surface area (Å²) in [6.45, 7) is 11.3. The summed E-state index contributed by atoms with van der Waals surface area (Å²) in [5.41, 5.74) is -0.510. The second kappa shape index (κ2) is 16.7. The van der Waals surface area contributed by atoms with Crippen LogP contribution < -0.4 is 11.2 Å². The van der Waals surface area contributed by atoms with Crippen molar-refractivity contribution >= 4 is 31.5 Å². The van der Waals surface area contributed by atoms with Gasteiger partial charge in [-0.25, -0.2) is 14.4 Å². The van der Waals surface area contributed by atoms with Gasteiger partial charge in [-0.1, -0.05) is 0 Å². The zero-order valence-electron chi connectivity index (χ0n) is 20.4. The third kappa shape index (κ3) is 10.3. The fourth-order valence-electron chi connectivity index (χ4n) is 3.09. The highest BCUT2D eigenvalue weighted by atomic mass is 127. The van der Waals surface area contributed by atoms with Gasteiger partial charge in [0, 0.05) is 31.0 Å². The third-order valence-electron chi connectivity index (χ3n) is 4.49. The van der Waals surface area contributed by atoms with Gasteiger partial charge in [-0.3, -0.25) is 14.3 Å². The molecule has 2 heterocycles. The topological polar surface area (TPSA) is 137 Å². The highest BCUT2D eigenvalue weighted by Crippen LogP contribution is 2.44. The Hall–Kier alpha value is -0.950. The highest BCUT2D eigenvalue weighted by Gasteiger charge is 2.26. The first-order chi connectivity index (χ1) is 16.2. The molecule has 0 aromatic carbocycles. The van der Waals surface area contributed by atoms with Crippen LogP contribution in [-0.4, -0.2) is 65.9 Å². The molecule has 194 valence electrons. The molecule has 2 rings (SSSR count). The van der Waals surface area contributed by atoms with E-state index in [0.717, 1.165) is 0 Å². The summed E-state index contributed by atoms with van der Waals surface area (Å²) >= 11 is 1.60. The SMILES string of the molecule is COP(OCCC#N)N(C(C)C)C(C)C.Cc1cn(C2COCC(COOI)O2)c(=O)[nH]c1=O. The summed E-state index contributed by atoms with van der Waals surface area (Å²) in [5, 5.41) is 8.43. The van der Waals surface area contributed by atoms with E-state index in [1.807, 2.05) is 0 Å². The molecule has 3 unspecified atom stereocenters. The molecule has 12 nitrogen and oxygen atoms in total. The number of rotatable bonds is 11. The number of H-pyrrole nitrogens is 1. The number of nitrogens with one attached hydrogen (secondary N) is 1. The monoisotopic (exact) mass is 616 g/mol. The second-order valence-electron chi connectivity index (χ2n) is 7.81. The summed E-state index contributed by atoms with van der Waals surface area (Å²) in [5.74, 6) is 0. The lowest BCUT2D eigenvalue weighted by Crippen LogP contribution is -2.42. The minimum atomic E-state index is -1.03. The first kappa shape index (κ1) is 31.1. The molecular weight excluding hydrogens is 582 g/mol. The lowest BCUT2D eigenvalue weighted by atomic mass is 10.3. The molecule has 0 radical (unpaired) electrons. The molecule has 1 N–H and O–H groups in total. The van der Waals surface area contributed by atoms with Gasteiger partial charge < -0.3 is 18.5 Å². The van der Waals surface area contributed by atoms with Crippen LogP contribution in [0.4, 0.5) is 0 Å². The van der Waals surface area contributed by atoms with E-state index in [4.69, 9.17) is 28.7 Å². The Balaban J connectivity index is 0.000000352. The molecule has 3 atom stereocenters. The number of hydrogen-bond donors (Lipinski definition) is 1. The van der Waals surface area contributed by atoms with Gasteiger partial charge in [0.1, 0.15) is 12.7 Å². The average molecular weight is 616 g/mol. The predicted molar refractivity (Wildman–Crippen MR) is 134 cm³/mol. The minimum Gasteiger partial charge on any atom is -0.374 e. The van der Waals surface area contributed by atoms with Gasteiger partial charge in [-0.05, 0) is 34.6 Å². The van der Waals surface area contributed by atoms with Gasteiger partial charge in [-0.15, -0.1) is 0 Å². The molecule has 1 aliphatic rings. The molecule has 0 saturated carbocycles. The van der Waals surface area contributed by atoms with Crippen molar-refractivity contribution in [3.05, 3.63) is 32.6 Å². The van der Waals surface area contributed by atoms with Crippen LogP contribution in [0.2, 0.25) is 0 Å². The molecule has 14 heteroatoms. The van der Waals surface area contributed by atoms with Crippen molar-refractivity contribution < 1.29 is 26.6 Å². The zero-order valence-corrected chi connectivity index (χ0v) is 23.4. The van der Waals surface area contributed by atoms with E-state index in [2.05, 4.69) is 46.6 Å². The van der Waals surface area contributed by atoms with Crippen LogP contribution in [0.5, 0.6) is 0 Å². The Bertz CT molecular complexity index is 867. The molecule has 0 bridgehead atoms. The first-order valence-electron chi connectivity index (χ1n) is 10.7. The number of halogens is 1. The zero-order chi connectivity index (χ0) is 25.7. The fourth-order valence-corrected chi connectivity index (χ4v) is 4.67. The van der Waals surface area contributed by atoms with Crippen molar-refractivity contribution in [3.8, 4) is 6.07 Å². The Labute approximate surface area is 215 Å². The predicted octanol–water partition coefficient (Wildman–Crippen LogP) is 2.97. The van der Waals surface area contributed by atoms with Gasteiger partial charge in [0.2, 0.25) is 0 Å². The summed E-state index contributed by atoms with van der Waals surface area (Å²) < 4.78 is 29.9.